The second-order valence-corrected chi connectivity index (χ2v) is 10.6. The summed E-state index contributed by atoms with van der Waals surface area (Å²) >= 11 is 2.53. The number of nitrogens with one attached hydrogen (secondary N) is 2. The standard InChI is InChI=1S/C27H28N2O7S2/c1-27(2,3)36-23(31)16-35-26(33)20-14-21(17-9-6-5-7-10-17)38-24(20)28-22(30)15-34-25(32)18-11-8-12-19(13-18)29-37-4/h5-14,29H,15-16H2,1-4H3,(H,28,30). The minimum atomic E-state index is -0.806. The molecule has 0 bridgehead atoms. The van der Waals surface area contributed by atoms with Crippen LogP contribution < -0.4 is 10.0 Å². The maximum absolute atomic E-state index is 12.8. The van der Waals surface area contributed by atoms with E-state index in [2.05, 4.69) is 10.0 Å². The highest BCUT2D eigenvalue weighted by Gasteiger charge is 2.23. The van der Waals surface area contributed by atoms with E-state index in [4.69, 9.17) is 14.2 Å². The molecule has 0 fully saturated rings. The van der Waals surface area contributed by atoms with E-state index in [0.717, 1.165) is 22.6 Å². The van der Waals surface area contributed by atoms with Crippen LogP contribution in [0.3, 0.4) is 0 Å². The van der Waals surface area contributed by atoms with Crippen LogP contribution in [0.2, 0.25) is 0 Å². The Hall–Kier alpha value is -3.83. The van der Waals surface area contributed by atoms with Gasteiger partial charge in [0.2, 0.25) is 0 Å². The van der Waals surface area contributed by atoms with Crippen molar-refractivity contribution in [2.75, 3.05) is 29.5 Å². The average molecular weight is 557 g/mol. The molecule has 1 amide bonds. The zero-order valence-corrected chi connectivity index (χ0v) is 23.0. The summed E-state index contributed by atoms with van der Waals surface area (Å²) in [6.45, 7) is 3.97. The third-order valence-corrected chi connectivity index (χ3v) is 6.20. The summed E-state index contributed by atoms with van der Waals surface area (Å²) < 4.78 is 18.5. The normalized spacial score (nSPS) is 10.8. The highest BCUT2D eigenvalue weighted by molar-refractivity contribution is 7.99. The van der Waals surface area contributed by atoms with Crippen LogP contribution in [0.15, 0.2) is 60.7 Å². The van der Waals surface area contributed by atoms with E-state index >= 15 is 0 Å². The van der Waals surface area contributed by atoms with E-state index in [1.165, 1.54) is 11.9 Å². The highest BCUT2D eigenvalue weighted by atomic mass is 32.2. The lowest BCUT2D eigenvalue weighted by Crippen LogP contribution is -2.27. The lowest BCUT2D eigenvalue weighted by Gasteiger charge is -2.19. The molecule has 2 N–H and O–H groups in total. The van der Waals surface area contributed by atoms with Gasteiger partial charge in [-0.25, -0.2) is 14.4 Å². The Balaban J connectivity index is 1.70. The Morgan fingerprint density at radius 1 is 0.895 bits per heavy atom. The number of carbonyl (C=O) groups excluding carboxylic acids is 4. The molecule has 0 aliphatic rings. The zero-order chi connectivity index (χ0) is 27.7. The van der Waals surface area contributed by atoms with Gasteiger partial charge in [-0.2, -0.15) is 0 Å². The van der Waals surface area contributed by atoms with Crippen molar-refractivity contribution in [1.29, 1.82) is 0 Å². The van der Waals surface area contributed by atoms with E-state index in [1.807, 2.05) is 36.6 Å². The van der Waals surface area contributed by atoms with Gasteiger partial charge in [0.25, 0.3) is 5.91 Å². The zero-order valence-electron chi connectivity index (χ0n) is 21.4. The molecule has 3 rings (SSSR count). The summed E-state index contributed by atoms with van der Waals surface area (Å²) in [5.74, 6) is -2.81. The Kier molecular flexibility index (Phi) is 9.91. The van der Waals surface area contributed by atoms with E-state index in [-0.39, 0.29) is 16.1 Å². The first-order valence-electron chi connectivity index (χ1n) is 11.5. The molecule has 1 aromatic heterocycles. The van der Waals surface area contributed by atoms with Crippen LogP contribution in [-0.2, 0) is 23.8 Å². The van der Waals surface area contributed by atoms with Gasteiger partial charge in [0.1, 0.15) is 10.6 Å². The number of carbonyl (C=O) groups is 4. The molecule has 0 atom stereocenters. The van der Waals surface area contributed by atoms with Crippen molar-refractivity contribution in [3.8, 4) is 10.4 Å². The molecule has 0 saturated carbocycles. The smallest absolute Gasteiger partial charge is 0.344 e. The number of benzene rings is 2. The van der Waals surface area contributed by atoms with Crippen molar-refractivity contribution < 1.29 is 33.4 Å². The number of hydrogen-bond acceptors (Lipinski definition) is 10. The van der Waals surface area contributed by atoms with E-state index in [9.17, 15) is 19.2 Å². The fraction of sp³-hybridized carbons (Fsp3) is 0.259. The van der Waals surface area contributed by atoms with Crippen molar-refractivity contribution >= 4 is 57.8 Å². The van der Waals surface area contributed by atoms with Crippen molar-refractivity contribution in [2.45, 2.75) is 26.4 Å². The van der Waals surface area contributed by atoms with Gasteiger partial charge >= 0.3 is 17.9 Å². The first kappa shape index (κ1) is 28.7. The van der Waals surface area contributed by atoms with Crippen LogP contribution in [0, 0.1) is 0 Å². The van der Waals surface area contributed by atoms with Gasteiger partial charge in [0.15, 0.2) is 13.2 Å². The monoisotopic (exact) mass is 556 g/mol. The predicted molar refractivity (Wildman–Crippen MR) is 148 cm³/mol. The van der Waals surface area contributed by atoms with E-state index in [1.54, 1.807) is 51.1 Å². The van der Waals surface area contributed by atoms with Crippen LogP contribution in [-0.4, -0.2) is 48.9 Å². The predicted octanol–water partition coefficient (Wildman–Crippen LogP) is 5.40. The lowest BCUT2D eigenvalue weighted by atomic mass is 10.1. The fourth-order valence-corrected chi connectivity index (χ4v) is 4.59. The van der Waals surface area contributed by atoms with E-state index < -0.39 is 42.6 Å². The SMILES string of the molecule is CSNc1cccc(C(=O)OCC(=O)Nc2sc(-c3ccccc3)cc2C(=O)OCC(=O)OC(C)(C)C)c1. The molecule has 0 aliphatic carbocycles. The Labute approximate surface area is 229 Å². The summed E-state index contributed by atoms with van der Waals surface area (Å²) in [6.07, 6.45) is 1.85. The molecule has 38 heavy (non-hydrogen) atoms. The van der Waals surface area contributed by atoms with Crippen LogP contribution >= 0.6 is 23.3 Å². The molecule has 11 heteroatoms. The lowest BCUT2D eigenvalue weighted by molar-refractivity contribution is -0.158. The molecule has 200 valence electrons. The van der Waals surface area contributed by atoms with Gasteiger partial charge in [-0.3, -0.25) is 4.79 Å². The maximum Gasteiger partial charge on any atom is 0.344 e. The summed E-state index contributed by atoms with van der Waals surface area (Å²) in [6, 6.07) is 17.5. The molecule has 0 spiro atoms. The number of esters is 3. The maximum atomic E-state index is 12.8. The van der Waals surface area contributed by atoms with Crippen molar-refractivity contribution in [3.05, 3.63) is 71.8 Å². The third kappa shape index (κ3) is 8.63. The molecular weight excluding hydrogens is 528 g/mol. The number of ether oxygens (including phenoxy) is 3. The minimum absolute atomic E-state index is 0.0629. The number of thiophene rings is 1. The molecule has 0 saturated heterocycles. The summed E-state index contributed by atoms with van der Waals surface area (Å²) in [5, 5.41) is 2.81. The summed E-state index contributed by atoms with van der Waals surface area (Å²) in [4.78, 5) is 50.6. The van der Waals surface area contributed by atoms with Crippen molar-refractivity contribution in [2.24, 2.45) is 0 Å². The molecule has 2 aromatic carbocycles. The Morgan fingerprint density at radius 2 is 1.61 bits per heavy atom. The Morgan fingerprint density at radius 3 is 2.29 bits per heavy atom. The van der Waals surface area contributed by atoms with Gasteiger partial charge in [0, 0.05) is 16.8 Å². The number of hydrogen-bond donors (Lipinski definition) is 2. The summed E-state index contributed by atoms with van der Waals surface area (Å²) in [5.41, 5.74) is 1.16. The Bertz CT molecular complexity index is 1300. The molecule has 0 radical (unpaired) electrons. The number of rotatable bonds is 10. The van der Waals surface area contributed by atoms with Crippen LogP contribution in [0.5, 0.6) is 0 Å². The van der Waals surface area contributed by atoms with Gasteiger partial charge in [-0.1, -0.05) is 48.3 Å². The molecule has 3 aromatic rings. The number of anilines is 2. The first-order chi connectivity index (χ1) is 18.1. The first-order valence-corrected chi connectivity index (χ1v) is 13.5. The third-order valence-electron chi connectivity index (χ3n) is 4.66. The van der Waals surface area contributed by atoms with E-state index in [0.29, 0.717) is 4.88 Å². The molecule has 9 nitrogen and oxygen atoms in total. The molecule has 0 unspecified atom stereocenters. The highest BCUT2D eigenvalue weighted by Crippen LogP contribution is 2.36. The average Bonchev–Trinajstić information content (AvgIpc) is 3.29. The van der Waals surface area contributed by atoms with Crippen molar-refractivity contribution in [3.63, 3.8) is 0 Å². The molecule has 0 aliphatic heterocycles. The molecule has 1 heterocycles. The van der Waals surface area contributed by atoms with Crippen LogP contribution in [0.25, 0.3) is 10.4 Å². The summed E-state index contributed by atoms with van der Waals surface area (Å²) in [7, 11) is 0. The quantitative estimate of drug-likeness (QED) is 0.192. The van der Waals surface area contributed by atoms with Gasteiger partial charge in [-0.15, -0.1) is 11.3 Å². The number of amides is 1. The topological polar surface area (TPSA) is 120 Å². The van der Waals surface area contributed by atoms with Crippen LogP contribution in [0.4, 0.5) is 10.7 Å². The van der Waals surface area contributed by atoms with Gasteiger partial charge in [-0.05, 0) is 50.6 Å². The fourth-order valence-electron chi connectivity index (χ4n) is 3.16. The van der Waals surface area contributed by atoms with Crippen molar-refractivity contribution in [1.82, 2.24) is 0 Å². The minimum Gasteiger partial charge on any atom is -0.457 e. The molecular formula is C27H28N2O7S2. The van der Waals surface area contributed by atoms with Gasteiger partial charge < -0.3 is 24.2 Å². The second-order valence-electron chi connectivity index (χ2n) is 8.89. The largest absolute Gasteiger partial charge is 0.457 e. The van der Waals surface area contributed by atoms with Crippen LogP contribution in [0.1, 0.15) is 41.5 Å². The van der Waals surface area contributed by atoms with Gasteiger partial charge in [0.05, 0.1) is 11.1 Å². The second kappa shape index (κ2) is 13.1.